The average molecular weight is 343 g/mol. The Bertz CT molecular complexity index is 829. The molecular weight excluding hydrogens is 322 g/mol. The normalized spacial score (nSPS) is 20.4. The minimum absolute atomic E-state index is 0.00286. The lowest BCUT2D eigenvalue weighted by Crippen LogP contribution is -2.48. The van der Waals surface area contributed by atoms with E-state index in [1.165, 1.54) is 19.4 Å². The molecule has 0 spiro atoms. The zero-order chi connectivity index (χ0) is 18.0. The Morgan fingerprint density at radius 1 is 1.32 bits per heavy atom. The monoisotopic (exact) mass is 343 g/mol. The van der Waals surface area contributed by atoms with E-state index in [9.17, 15) is 9.59 Å². The largest absolute Gasteiger partial charge is 0.490 e. The second kappa shape index (κ2) is 7.11. The van der Waals surface area contributed by atoms with Crippen LogP contribution in [0.25, 0.3) is 0 Å². The van der Waals surface area contributed by atoms with Gasteiger partial charge in [-0.3, -0.25) is 9.59 Å². The maximum absolute atomic E-state index is 12.8. The van der Waals surface area contributed by atoms with Crippen molar-refractivity contribution < 1.29 is 18.7 Å². The van der Waals surface area contributed by atoms with Gasteiger partial charge in [-0.2, -0.15) is 0 Å². The lowest BCUT2D eigenvalue weighted by Gasteiger charge is -2.38. The molecule has 132 valence electrons. The highest BCUT2D eigenvalue weighted by molar-refractivity contribution is 5.91. The van der Waals surface area contributed by atoms with Crippen molar-refractivity contribution in [2.45, 2.75) is 26.0 Å². The number of hydrogen-bond acceptors (Lipinski definition) is 5. The van der Waals surface area contributed by atoms with E-state index in [1.807, 2.05) is 38.1 Å². The number of rotatable bonds is 3. The molecule has 2 unspecified atom stereocenters. The van der Waals surface area contributed by atoms with Crippen molar-refractivity contribution >= 4 is 5.91 Å². The fourth-order valence-electron chi connectivity index (χ4n) is 2.98. The number of hydrogen-bond donors (Lipinski definition) is 0. The summed E-state index contributed by atoms with van der Waals surface area (Å²) in [5.41, 5.74) is 1.79. The Balaban J connectivity index is 1.85. The van der Waals surface area contributed by atoms with Crippen LogP contribution < -0.4 is 10.2 Å². The van der Waals surface area contributed by atoms with Gasteiger partial charge in [-0.25, -0.2) is 0 Å². The van der Waals surface area contributed by atoms with Crippen LogP contribution in [0, 0.1) is 6.92 Å². The third kappa shape index (κ3) is 3.44. The molecule has 1 aliphatic rings. The zero-order valence-electron chi connectivity index (χ0n) is 14.5. The van der Waals surface area contributed by atoms with Crippen LogP contribution in [0.1, 0.15) is 34.7 Å². The highest BCUT2D eigenvalue weighted by atomic mass is 16.5. The second-order valence-corrected chi connectivity index (χ2v) is 6.16. The molecule has 1 fully saturated rings. The molecule has 0 saturated carbocycles. The molecular formula is C19H21NO5. The minimum atomic E-state index is -0.381. The van der Waals surface area contributed by atoms with E-state index in [4.69, 9.17) is 13.9 Å². The molecule has 1 aliphatic heterocycles. The van der Waals surface area contributed by atoms with Crippen molar-refractivity contribution in [1.82, 2.24) is 4.90 Å². The molecule has 1 aromatic heterocycles. The molecule has 0 N–H and O–H groups in total. The van der Waals surface area contributed by atoms with Crippen LogP contribution >= 0.6 is 0 Å². The van der Waals surface area contributed by atoms with Gasteiger partial charge in [-0.1, -0.05) is 24.3 Å². The van der Waals surface area contributed by atoms with E-state index in [0.29, 0.717) is 13.2 Å². The highest BCUT2D eigenvalue weighted by Gasteiger charge is 2.32. The van der Waals surface area contributed by atoms with Gasteiger partial charge in [-0.15, -0.1) is 0 Å². The number of carbonyl (C=O) groups excluding carboxylic acids is 1. The van der Waals surface area contributed by atoms with Gasteiger partial charge in [-0.05, 0) is 25.0 Å². The van der Waals surface area contributed by atoms with Crippen molar-refractivity contribution in [3.63, 3.8) is 0 Å². The van der Waals surface area contributed by atoms with E-state index < -0.39 is 0 Å². The van der Waals surface area contributed by atoms with E-state index in [-0.39, 0.29) is 35.0 Å². The first-order valence-corrected chi connectivity index (χ1v) is 8.16. The summed E-state index contributed by atoms with van der Waals surface area (Å²) in [7, 11) is 1.38. The van der Waals surface area contributed by atoms with Gasteiger partial charge in [0.25, 0.3) is 5.91 Å². The summed E-state index contributed by atoms with van der Waals surface area (Å²) >= 11 is 0. The molecule has 2 atom stereocenters. The summed E-state index contributed by atoms with van der Waals surface area (Å²) in [5, 5.41) is 0. The number of nitrogens with zero attached hydrogens (tertiary/aromatic N) is 1. The van der Waals surface area contributed by atoms with Crippen molar-refractivity contribution in [2.24, 2.45) is 0 Å². The maximum atomic E-state index is 12.8. The summed E-state index contributed by atoms with van der Waals surface area (Å²) in [6, 6.07) is 9.02. The Morgan fingerprint density at radius 2 is 2.08 bits per heavy atom. The van der Waals surface area contributed by atoms with E-state index in [2.05, 4.69) is 0 Å². The van der Waals surface area contributed by atoms with Gasteiger partial charge in [0.05, 0.1) is 26.3 Å². The fourth-order valence-corrected chi connectivity index (χ4v) is 2.98. The Labute approximate surface area is 146 Å². The molecule has 1 aromatic carbocycles. The van der Waals surface area contributed by atoms with Gasteiger partial charge in [0.1, 0.15) is 12.4 Å². The Kier molecular flexibility index (Phi) is 4.90. The number of ether oxygens (including phenoxy) is 2. The van der Waals surface area contributed by atoms with E-state index >= 15 is 0 Å². The van der Waals surface area contributed by atoms with Gasteiger partial charge in [0.2, 0.25) is 11.2 Å². The quantitative estimate of drug-likeness (QED) is 0.857. The maximum Gasteiger partial charge on any atom is 0.290 e. The smallest absolute Gasteiger partial charge is 0.290 e. The molecule has 1 amide bonds. The van der Waals surface area contributed by atoms with Crippen LogP contribution in [-0.4, -0.2) is 37.1 Å². The van der Waals surface area contributed by atoms with Gasteiger partial charge < -0.3 is 18.8 Å². The number of carbonyl (C=O) groups is 1. The molecule has 0 bridgehead atoms. The van der Waals surface area contributed by atoms with Crippen LogP contribution in [0.5, 0.6) is 5.75 Å². The standard InChI is InChI=1S/C19H21NO5/c1-12-6-4-5-7-14(12)17-9-20(13(2)10-24-17)19(22)16-8-15(21)18(23-3)11-25-16/h4-8,11,13,17H,9-10H2,1-3H3. The molecule has 0 aliphatic carbocycles. The van der Waals surface area contributed by atoms with Crippen molar-refractivity contribution in [3.05, 3.63) is 63.7 Å². The summed E-state index contributed by atoms with van der Waals surface area (Å²) in [4.78, 5) is 26.4. The zero-order valence-corrected chi connectivity index (χ0v) is 14.5. The first-order valence-electron chi connectivity index (χ1n) is 8.16. The summed E-state index contributed by atoms with van der Waals surface area (Å²) in [6.07, 6.45) is 0.964. The molecule has 0 radical (unpaired) electrons. The molecule has 3 rings (SSSR count). The predicted molar refractivity (Wildman–Crippen MR) is 91.9 cm³/mol. The molecule has 2 heterocycles. The number of benzene rings is 1. The van der Waals surface area contributed by atoms with Crippen LogP contribution in [0.2, 0.25) is 0 Å². The number of amides is 1. The van der Waals surface area contributed by atoms with Crippen LogP contribution in [0.4, 0.5) is 0 Å². The second-order valence-electron chi connectivity index (χ2n) is 6.16. The van der Waals surface area contributed by atoms with Gasteiger partial charge >= 0.3 is 0 Å². The average Bonchev–Trinajstić information content (AvgIpc) is 2.62. The van der Waals surface area contributed by atoms with Crippen molar-refractivity contribution in [1.29, 1.82) is 0 Å². The molecule has 6 nitrogen and oxygen atoms in total. The van der Waals surface area contributed by atoms with Crippen LogP contribution in [0.15, 0.2) is 45.8 Å². The van der Waals surface area contributed by atoms with Crippen LogP contribution in [0.3, 0.4) is 0 Å². The van der Waals surface area contributed by atoms with Crippen molar-refractivity contribution in [3.8, 4) is 5.75 Å². The molecule has 1 saturated heterocycles. The molecule has 2 aromatic rings. The molecule has 25 heavy (non-hydrogen) atoms. The Morgan fingerprint density at radius 3 is 2.76 bits per heavy atom. The fraction of sp³-hybridized carbons (Fsp3) is 0.368. The van der Waals surface area contributed by atoms with E-state index in [0.717, 1.165) is 11.1 Å². The SMILES string of the molecule is COc1coc(C(=O)N2CC(c3ccccc3C)OCC2C)cc1=O. The summed E-state index contributed by atoms with van der Waals surface area (Å²) in [6.45, 7) is 4.75. The van der Waals surface area contributed by atoms with Gasteiger partial charge in [0.15, 0.2) is 5.76 Å². The van der Waals surface area contributed by atoms with Gasteiger partial charge in [0, 0.05) is 6.07 Å². The van der Waals surface area contributed by atoms with E-state index in [1.54, 1.807) is 4.90 Å². The minimum Gasteiger partial charge on any atom is -0.490 e. The van der Waals surface area contributed by atoms with Crippen molar-refractivity contribution in [2.75, 3.05) is 20.3 Å². The third-order valence-electron chi connectivity index (χ3n) is 4.46. The summed E-state index contributed by atoms with van der Waals surface area (Å²) in [5.74, 6) is -0.249. The topological polar surface area (TPSA) is 69.0 Å². The number of aryl methyl sites for hydroxylation is 1. The number of methoxy groups -OCH3 is 1. The number of morpholine rings is 1. The molecule has 6 heteroatoms. The third-order valence-corrected chi connectivity index (χ3v) is 4.46. The lowest BCUT2D eigenvalue weighted by atomic mass is 10.0. The van der Waals surface area contributed by atoms with Crippen LogP contribution in [-0.2, 0) is 4.74 Å². The first kappa shape index (κ1) is 17.2. The first-order chi connectivity index (χ1) is 12.0. The highest BCUT2D eigenvalue weighted by Crippen LogP contribution is 2.28. The lowest BCUT2D eigenvalue weighted by molar-refractivity contribution is -0.0498. The summed E-state index contributed by atoms with van der Waals surface area (Å²) < 4.78 is 16.1. The Hall–Kier alpha value is -2.60. The predicted octanol–water partition coefficient (Wildman–Crippen LogP) is 2.56.